The van der Waals surface area contributed by atoms with E-state index in [-0.39, 0.29) is 11.7 Å². The summed E-state index contributed by atoms with van der Waals surface area (Å²) in [5, 5.41) is 2.78. The Balaban J connectivity index is 2.28. The summed E-state index contributed by atoms with van der Waals surface area (Å²) in [5.74, 6) is -0.458. The van der Waals surface area contributed by atoms with Crippen LogP contribution in [-0.4, -0.2) is 38.9 Å². The summed E-state index contributed by atoms with van der Waals surface area (Å²) in [5.41, 5.74) is 0.950. The lowest BCUT2D eigenvalue weighted by Crippen LogP contribution is -2.36. The SMILES string of the molecule is COCCOC(C)C(=O)NCCc1ccc(F)c(Br)c1. The maximum atomic E-state index is 13.1. The van der Waals surface area contributed by atoms with Crippen LogP contribution in [0.3, 0.4) is 0 Å². The van der Waals surface area contributed by atoms with Gasteiger partial charge >= 0.3 is 0 Å². The molecule has 1 unspecified atom stereocenters. The topological polar surface area (TPSA) is 47.6 Å². The van der Waals surface area contributed by atoms with E-state index in [2.05, 4.69) is 21.2 Å². The lowest BCUT2D eigenvalue weighted by molar-refractivity contribution is -0.132. The molecule has 20 heavy (non-hydrogen) atoms. The summed E-state index contributed by atoms with van der Waals surface area (Å²) >= 11 is 3.13. The molecule has 0 fully saturated rings. The molecule has 4 nitrogen and oxygen atoms in total. The third-order valence-corrected chi connectivity index (χ3v) is 3.33. The molecule has 1 aromatic carbocycles. The van der Waals surface area contributed by atoms with Crippen molar-refractivity contribution in [2.24, 2.45) is 0 Å². The van der Waals surface area contributed by atoms with Crippen LogP contribution in [0.2, 0.25) is 0 Å². The van der Waals surface area contributed by atoms with E-state index in [0.717, 1.165) is 5.56 Å². The average molecular weight is 348 g/mol. The van der Waals surface area contributed by atoms with Gasteiger partial charge < -0.3 is 14.8 Å². The van der Waals surface area contributed by atoms with Crippen LogP contribution in [0.4, 0.5) is 4.39 Å². The number of nitrogens with one attached hydrogen (secondary N) is 1. The van der Waals surface area contributed by atoms with Crippen molar-refractivity contribution in [2.45, 2.75) is 19.4 Å². The number of amides is 1. The Morgan fingerprint density at radius 1 is 1.45 bits per heavy atom. The van der Waals surface area contributed by atoms with Crippen molar-refractivity contribution in [1.82, 2.24) is 5.32 Å². The molecular formula is C14H19BrFNO3. The van der Waals surface area contributed by atoms with Crippen molar-refractivity contribution in [1.29, 1.82) is 0 Å². The molecule has 0 aliphatic rings. The minimum atomic E-state index is -0.509. The van der Waals surface area contributed by atoms with Gasteiger partial charge in [0.15, 0.2) is 0 Å². The third kappa shape index (κ3) is 5.98. The van der Waals surface area contributed by atoms with Gasteiger partial charge in [0.2, 0.25) is 5.91 Å². The Morgan fingerprint density at radius 3 is 2.85 bits per heavy atom. The summed E-state index contributed by atoms with van der Waals surface area (Å²) in [6, 6.07) is 4.81. The predicted octanol–water partition coefficient (Wildman–Crippen LogP) is 2.30. The number of benzene rings is 1. The Bertz CT molecular complexity index is 442. The molecule has 0 aromatic heterocycles. The first-order valence-corrected chi connectivity index (χ1v) is 7.16. The standard InChI is InChI=1S/C14H19BrFNO3/c1-10(20-8-7-19-2)14(18)17-6-5-11-3-4-13(16)12(15)9-11/h3-4,9-10H,5-8H2,1-2H3,(H,17,18). The van der Waals surface area contributed by atoms with E-state index in [4.69, 9.17) is 9.47 Å². The number of ether oxygens (including phenoxy) is 2. The number of halogens is 2. The maximum absolute atomic E-state index is 13.1. The van der Waals surface area contributed by atoms with Gasteiger partial charge in [-0.1, -0.05) is 6.07 Å². The van der Waals surface area contributed by atoms with Crippen LogP contribution in [0.5, 0.6) is 0 Å². The molecule has 0 spiro atoms. The van der Waals surface area contributed by atoms with Crippen molar-refractivity contribution < 1.29 is 18.7 Å². The van der Waals surface area contributed by atoms with Gasteiger partial charge in [-0.2, -0.15) is 0 Å². The van der Waals surface area contributed by atoms with Crippen molar-refractivity contribution in [3.8, 4) is 0 Å². The van der Waals surface area contributed by atoms with Gasteiger partial charge in [0, 0.05) is 13.7 Å². The van der Waals surface area contributed by atoms with E-state index in [0.29, 0.717) is 30.7 Å². The maximum Gasteiger partial charge on any atom is 0.248 e. The van der Waals surface area contributed by atoms with Gasteiger partial charge in [-0.05, 0) is 47.0 Å². The Hall–Kier alpha value is -0.980. The minimum Gasteiger partial charge on any atom is -0.382 e. The molecule has 0 heterocycles. The van der Waals surface area contributed by atoms with Crippen molar-refractivity contribution in [3.05, 3.63) is 34.1 Å². The first-order valence-electron chi connectivity index (χ1n) is 6.36. The molecule has 0 bridgehead atoms. The number of hydrogen-bond acceptors (Lipinski definition) is 3. The van der Waals surface area contributed by atoms with Crippen molar-refractivity contribution in [2.75, 3.05) is 26.9 Å². The van der Waals surface area contributed by atoms with Gasteiger partial charge in [0.25, 0.3) is 0 Å². The monoisotopic (exact) mass is 347 g/mol. The second-order valence-corrected chi connectivity index (χ2v) is 5.15. The Labute approximate surface area is 126 Å². The second-order valence-electron chi connectivity index (χ2n) is 4.30. The van der Waals surface area contributed by atoms with Crippen molar-refractivity contribution >= 4 is 21.8 Å². The van der Waals surface area contributed by atoms with Gasteiger partial charge in [-0.15, -0.1) is 0 Å². The van der Waals surface area contributed by atoms with Gasteiger partial charge in [0.05, 0.1) is 17.7 Å². The molecule has 0 saturated carbocycles. The predicted molar refractivity (Wildman–Crippen MR) is 78.1 cm³/mol. The number of rotatable bonds is 8. The van der Waals surface area contributed by atoms with Crippen LogP contribution in [0.15, 0.2) is 22.7 Å². The molecular weight excluding hydrogens is 329 g/mol. The number of hydrogen-bond donors (Lipinski definition) is 1. The van der Waals surface area contributed by atoms with Crippen LogP contribution >= 0.6 is 15.9 Å². The molecule has 0 saturated heterocycles. The molecule has 0 aliphatic carbocycles. The molecule has 0 radical (unpaired) electrons. The molecule has 1 atom stereocenters. The number of methoxy groups -OCH3 is 1. The number of carbonyl (C=O) groups excluding carboxylic acids is 1. The highest BCUT2D eigenvalue weighted by molar-refractivity contribution is 9.10. The lowest BCUT2D eigenvalue weighted by Gasteiger charge is -2.13. The highest BCUT2D eigenvalue weighted by atomic mass is 79.9. The van der Waals surface area contributed by atoms with Crippen molar-refractivity contribution in [3.63, 3.8) is 0 Å². The lowest BCUT2D eigenvalue weighted by atomic mass is 10.1. The van der Waals surface area contributed by atoms with Gasteiger partial charge in [-0.25, -0.2) is 4.39 Å². The van der Waals surface area contributed by atoms with Gasteiger partial charge in [-0.3, -0.25) is 4.79 Å². The van der Waals surface area contributed by atoms with Crippen LogP contribution in [0, 0.1) is 5.82 Å². The first kappa shape index (κ1) is 17.1. The highest BCUT2D eigenvalue weighted by Crippen LogP contribution is 2.16. The fraction of sp³-hybridized carbons (Fsp3) is 0.500. The summed E-state index contributed by atoms with van der Waals surface area (Å²) in [4.78, 5) is 11.7. The zero-order chi connectivity index (χ0) is 15.0. The summed E-state index contributed by atoms with van der Waals surface area (Å²) in [6.07, 6.45) is 0.125. The number of carbonyl (C=O) groups is 1. The summed E-state index contributed by atoms with van der Waals surface area (Å²) in [6.45, 7) is 3.02. The second kappa shape index (κ2) is 9.05. The fourth-order valence-electron chi connectivity index (χ4n) is 1.55. The zero-order valence-electron chi connectivity index (χ0n) is 11.6. The largest absolute Gasteiger partial charge is 0.382 e. The normalized spacial score (nSPS) is 12.2. The smallest absolute Gasteiger partial charge is 0.248 e. The highest BCUT2D eigenvalue weighted by Gasteiger charge is 2.12. The Kier molecular flexibility index (Phi) is 7.72. The molecule has 112 valence electrons. The zero-order valence-corrected chi connectivity index (χ0v) is 13.2. The molecule has 0 aliphatic heterocycles. The minimum absolute atomic E-state index is 0.165. The molecule has 1 N–H and O–H groups in total. The van der Waals surface area contributed by atoms with Crippen LogP contribution in [0.1, 0.15) is 12.5 Å². The van der Waals surface area contributed by atoms with E-state index >= 15 is 0 Å². The third-order valence-electron chi connectivity index (χ3n) is 2.72. The molecule has 6 heteroatoms. The average Bonchev–Trinajstić information content (AvgIpc) is 2.42. The first-order chi connectivity index (χ1) is 9.54. The summed E-state index contributed by atoms with van der Waals surface area (Å²) in [7, 11) is 1.58. The summed E-state index contributed by atoms with van der Waals surface area (Å²) < 4.78 is 23.6. The fourth-order valence-corrected chi connectivity index (χ4v) is 1.98. The molecule has 1 amide bonds. The van der Waals surface area contributed by atoms with E-state index < -0.39 is 6.10 Å². The quantitative estimate of drug-likeness (QED) is 0.734. The van der Waals surface area contributed by atoms with Crippen LogP contribution < -0.4 is 5.32 Å². The van der Waals surface area contributed by atoms with E-state index in [9.17, 15) is 9.18 Å². The van der Waals surface area contributed by atoms with E-state index in [1.807, 2.05) is 0 Å². The molecule has 1 rings (SSSR count). The van der Waals surface area contributed by atoms with E-state index in [1.165, 1.54) is 6.07 Å². The van der Waals surface area contributed by atoms with Crippen LogP contribution in [-0.2, 0) is 20.7 Å². The molecule has 1 aromatic rings. The Morgan fingerprint density at radius 2 is 2.20 bits per heavy atom. The van der Waals surface area contributed by atoms with Gasteiger partial charge in [0.1, 0.15) is 11.9 Å². The van der Waals surface area contributed by atoms with Crippen LogP contribution in [0.25, 0.3) is 0 Å². The van der Waals surface area contributed by atoms with E-state index in [1.54, 1.807) is 26.2 Å².